The number of hydrogen-bond donors (Lipinski definition) is 1. The summed E-state index contributed by atoms with van der Waals surface area (Å²) in [6, 6.07) is 45.1. The second kappa shape index (κ2) is 15.1. The summed E-state index contributed by atoms with van der Waals surface area (Å²) >= 11 is 0. The summed E-state index contributed by atoms with van der Waals surface area (Å²) in [6.45, 7) is 34.2. The first-order valence-corrected chi connectivity index (χ1v) is 27.6. The molecule has 1 aliphatic heterocycles. The van der Waals surface area contributed by atoms with E-state index in [2.05, 4.69) is 230 Å². The first-order valence-electron chi connectivity index (χ1n) is 27.6. The Labute approximate surface area is 436 Å². The smallest absolute Gasteiger partial charge is 0.198 e. The van der Waals surface area contributed by atoms with Gasteiger partial charge in [0.05, 0.1) is 11.4 Å². The van der Waals surface area contributed by atoms with Crippen LogP contribution in [0.15, 0.2) is 120 Å². The van der Waals surface area contributed by atoms with E-state index in [9.17, 15) is 0 Å². The Morgan fingerprint density at radius 3 is 1.67 bits per heavy atom. The van der Waals surface area contributed by atoms with Crippen LogP contribution < -0.4 is 21.1 Å². The van der Waals surface area contributed by atoms with Crippen LogP contribution >= 0.6 is 0 Å². The lowest BCUT2D eigenvalue weighted by molar-refractivity contribution is 0.332. The maximum atomic E-state index is 7.27. The van der Waals surface area contributed by atoms with Crippen LogP contribution in [-0.4, -0.2) is 7.28 Å². The van der Waals surface area contributed by atoms with Gasteiger partial charge < -0.3 is 14.6 Å². The van der Waals surface area contributed by atoms with Gasteiger partial charge in [0.25, 0.3) is 0 Å². The van der Waals surface area contributed by atoms with E-state index < -0.39 is 0 Å². The molecule has 5 aliphatic rings. The molecule has 0 saturated carbocycles. The zero-order valence-electron chi connectivity index (χ0n) is 46.1. The van der Waals surface area contributed by atoms with Gasteiger partial charge in [0.15, 0.2) is 12.9 Å². The fourth-order valence-electron chi connectivity index (χ4n) is 14.6. The van der Waals surface area contributed by atoms with Gasteiger partial charge in [-0.3, -0.25) is 0 Å². The van der Waals surface area contributed by atoms with Gasteiger partial charge in [-0.15, -0.1) is 0 Å². The highest BCUT2D eigenvalue weighted by Gasteiger charge is 2.44. The molecule has 0 unspecified atom stereocenters. The number of hydrogen-bond acceptors (Lipinski definition) is 3. The van der Waals surface area contributed by atoms with Crippen LogP contribution in [-0.2, 0) is 37.9 Å². The number of nitrogens with one attached hydrogen (secondary N) is 1. The summed E-state index contributed by atoms with van der Waals surface area (Å²) < 4.78 is 7.27. The van der Waals surface area contributed by atoms with Gasteiger partial charge in [-0.05, 0) is 175 Å². The number of furan rings is 1. The number of nitrogens with zero attached hydrogens (tertiary/aromatic N) is 1. The van der Waals surface area contributed by atoms with Crippen molar-refractivity contribution in [3.8, 4) is 22.3 Å². The molecule has 0 amide bonds. The molecule has 73 heavy (non-hydrogen) atoms. The predicted molar refractivity (Wildman–Crippen MR) is 312 cm³/mol. The highest BCUT2D eigenvalue weighted by molar-refractivity contribution is 6.74. The molecule has 4 heteroatoms. The highest BCUT2D eigenvalue weighted by Crippen LogP contribution is 2.57. The molecule has 0 spiro atoms. The maximum absolute atomic E-state index is 7.27. The SMILES string of the molecule is CC1(C)CCC(C)(C)c2cc(Nc3c(-c4cc5c(oc6ccccc65)c5c4[B]c4cc6c(cc4N5c4ccc5c(c4)C(C)(C)CCC5(C)C)C(C)(C)CCC6(C)C)ccc4c3-c3ccccc3C4(C)C)ccc21. The van der Waals surface area contributed by atoms with Gasteiger partial charge in [-0.25, -0.2) is 0 Å². The molecule has 1 radical (unpaired) electrons. The lowest BCUT2D eigenvalue weighted by Crippen LogP contribution is -2.44. The van der Waals surface area contributed by atoms with Crippen molar-refractivity contribution < 1.29 is 4.42 Å². The average molecular weight is 958 g/mol. The van der Waals surface area contributed by atoms with Crippen molar-refractivity contribution in [1.29, 1.82) is 0 Å². The van der Waals surface area contributed by atoms with Crippen LogP contribution in [0.3, 0.4) is 0 Å². The molecular formula is C69H74BN2O. The van der Waals surface area contributed by atoms with Crippen LogP contribution in [0.2, 0.25) is 0 Å². The summed E-state index contributed by atoms with van der Waals surface area (Å²) in [5.41, 5.74) is 26.8. The molecule has 7 aromatic carbocycles. The highest BCUT2D eigenvalue weighted by atomic mass is 16.3. The van der Waals surface area contributed by atoms with Crippen molar-refractivity contribution >= 4 is 68.6 Å². The minimum atomic E-state index is -0.177. The molecule has 13 rings (SSSR count). The standard InChI is InChI=1S/C69H74BN2O/c1-63(2)29-31-65(5,6)51-35-40(23-26-48(51)63)71-60-43(25-28-50-58(60)44-20-15-17-21-47(44)69(50,13)14)45-37-46-42-19-16-18-22-57(42)73-62(46)61-59(45)70-55-38-53-54(68(11,12)34-33-67(53,9)10)39-56(55)72(61)41-24-27-49-52(36-41)66(7,8)32-30-64(49,3)4/h15-28,35-39,71H,29-34H2,1-14H3. The Morgan fingerprint density at radius 2 is 1.00 bits per heavy atom. The van der Waals surface area contributed by atoms with Crippen molar-refractivity contribution in [3.05, 3.63) is 160 Å². The van der Waals surface area contributed by atoms with Crippen LogP contribution in [0.1, 0.15) is 180 Å². The van der Waals surface area contributed by atoms with Gasteiger partial charge >= 0.3 is 0 Å². The Hall–Kier alpha value is -6.00. The van der Waals surface area contributed by atoms with E-state index in [-0.39, 0.29) is 37.9 Å². The normalized spacial score (nSPS) is 20.4. The molecule has 4 aliphatic carbocycles. The number of rotatable bonds is 4. The molecule has 8 aromatic rings. The minimum absolute atomic E-state index is 0.0287. The topological polar surface area (TPSA) is 28.4 Å². The third kappa shape index (κ3) is 6.76. The van der Waals surface area contributed by atoms with Gasteiger partial charge in [-0.2, -0.15) is 0 Å². The summed E-state index contributed by atoms with van der Waals surface area (Å²) in [7, 11) is 2.53. The van der Waals surface area contributed by atoms with E-state index in [1.165, 1.54) is 108 Å². The van der Waals surface area contributed by atoms with E-state index >= 15 is 0 Å². The van der Waals surface area contributed by atoms with E-state index in [0.29, 0.717) is 0 Å². The van der Waals surface area contributed by atoms with Crippen LogP contribution in [0.4, 0.5) is 28.4 Å². The molecular weight excluding hydrogens is 884 g/mol. The fourth-order valence-corrected chi connectivity index (χ4v) is 14.6. The molecule has 0 fully saturated rings. The number of benzene rings is 7. The minimum Gasteiger partial charge on any atom is -0.454 e. The molecule has 0 saturated heterocycles. The van der Waals surface area contributed by atoms with E-state index in [1.54, 1.807) is 0 Å². The maximum Gasteiger partial charge on any atom is 0.198 e. The second-order valence-electron chi connectivity index (χ2n) is 27.6. The third-order valence-electron chi connectivity index (χ3n) is 19.7. The van der Waals surface area contributed by atoms with Crippen molar-refractivity contribution in [3.63, 3.8) is 0 Å². The molecule has 1 N–H and O–H groups in total. The van der Waals surface area contributed by atoms with Crippen LogP contribution in [0.5, 0.6) is 0 Å². The van der Waals surface area contributed by atoms with E-state index in [4.69, 9.17) is 4.42 Å². The number of fused-ring (bicyclic) bond motifs is 12. The molecule has 369 valence electrons. The summed E-state index contributed by atoms with van der Waals surface area (Å²) in [6.07, 6.45) is 7.00. The van der Waals surface area contributed by atoms with Crippen molar-refractivity contribution in [2.45, 2.75) is 173 Å². The molecule has 0 atom stereocenters. The Balaban J connectivity index is 1.14. The first-order chi connectivity index (χ1) is 34.4. The van der Waals surface area contributed by atoms with Crippen molar-refractivity contribution in [2.75, 3.05) is 10.2 Å². The average Bonchev–Trinajstić information content (AvgIpc) is 3.84. The Morgan fingerprint density at radius 1 is 0.452 bits per heavy atom. The van der Waals surface area contributed by atoms with E-state index in [0.717, 1.165) is 58.3 Å². The number of para-hydroxylation sites is 1. The van der Waals surface area contributed by atoms with Crippen molar-refractivity contribution in [2.24, 2.45) is 0 Å². The molecule has 2 heterocycles. The monoisotopic (exact) mass is 958 g/mol. The molecule has 0 bridgehead atoms. The second-order valence-corrected chi connectivity index (χ2v) is 27.6. The zero-order valence-corrected chi connectivity index (χ0v) is 46.1. The van der Waals surface area contributed by atoms with Gasteiger partial charge in [0, 0.05) is 44.4 Å². The third-order valence-corrected chi connectivity index (χ3v) is 19.7. The van der Waals surface area contributed by atoms with Gasteiger partial charge in [0.2, 0.25) is 0 Å². The Bertz CT molecular complexity index is 3680. The zero-order chi connectivity index (χ0) is 51.2. The largest absolute Gasteiger partial charge is 0.454 e. The summed E-state index contributed by atoms with van der Waals surface area (Å²) in [5.74, 6) is 0. The quantitative estimate of drug-likeness (QED) is 0.178. The lowest BCUT2D eigenvalue weighted by atomic mass is 9.55. The predicted octanol–water partition coefficient (Wildman–Crippen LogP) is 17.8. The molecule has 3 nitrogen and oxygen atoms in total. The fraction of sp³-hybridized carbons (Fsp3) is 0.391. The van der Waals surface area contributed by atoms with Crippen LogP contribution in [0, 0.1) is 0 Å². The Kier molecular flexibility index (Phi) is 9.66. The van der Waals surface area contributed by atoms with Crippen molar-refractivity contribution in [1.82, 2.24) is 0 Å². The van der Waals surface area contributed by atoms with Gasteiger partial charge in [0.1, 0.15) is 5.58 Å². The van der Waals surface area contributed by atoms with E-state index in [1.807, 2.05) is 0 Å². The summed E-state index contributed by atoms with van der Waals surface area (Å²) in [5, 5.41) is 6.54. The lowest BCUT2D eigenvalue weighted by Gasteiger charge is -2.45. The molecule has 1 aromatic heterocycles. The number of anilines is 5. The van der Waals surface area contributed by atoms with Crippen LogP contribution in [0.25, 0.3) is 44.2 Å². The first kappa shape index (κ1) is 46.8. The summed E-state index contributed by atoms with van der Waals surface area (Å²) in [4.78, 5) is 2.63. The van der Waals surface area contributed by atoms with Gasteiger partial charge in [-0.1, -0.05) is 175 Å².